The van der Waals surface area contributed by atoms with E-state index in [1.54, 1.807) is 24.3 Å². The van der Waals surface area contributed by atoms with E-state index in [0.29, 0.717) is 16.8 Å². The fourth-order valence-electron chi connectivity index (χ4n) is 3.15. The van der Waals surface area contributed by atoms with Crippen molar-refractivity contribution in [2.75, 3.05) is 12.0 Å². The number of benzene rings is 2. The summed E-state index contributed by atoms with van der Waals surface area (Å²) in [7, 11) is 0. The van der Waals surface area contributed by atoms with Gasteiger partial charge in [0, 0.05) is 18.6 Å². The molecule has 0 radical (unpaired) electrons. The molecule has 0 saturated carbocycles. The minimum Gasteiger partial charge on any atom is -0.456 e. The molecule has 146 valence electrons. The van der Waals surface area contributed by atoms with Gasteiger partial charge >= 0.3 is 5.97 Å². The third kappa shape index (κ3) is 3.43. The summed E-state index contributed by atoms with van der Waals surface area (Å²) in [6, 6.07) is 12.0. The quantitative estimate of drug-likeness (QED) is 0.355. The summed E-state index contributed by atoms with van der Waals surface area (Å²) in [5.74, 6) is -1.49. The average Bonchev–Trinajstić information content (AvgIpc) is 3.19. The van der Waals surface area contributed by atoms with Crippen LogP contribution in [-0.2, 0) is 9.53 Å². The first-order chi connectivity index (χ1) is 13.9. The Labute approximate surface area is 163 Å². The summed E-state index contributed by atoms with van der Waals surface area (Å²) < 4.78 is 5.23. The largest absolute Gasteiger partial charge is 0.456 e. The zero-order valence-corrected chi connectivity index (χ0v) is 14.9. The smallest absolute Gasteiger partial charge is 0.354 e. The second-order valence-electron chi connectivity index (χ2n) is 6.47. The number of hydrogen-bond donors (Lipinski definition) is 1. The summed E-state index contributed by atoms with van der Waals surface area (Å²) in [6.45, 7) is -0.0609. The lowest BCUT2D eigenvalue weighted by Crippen LogP contribution is -2.36. The maximum atomic E-state index is 12.4. The topological polar surface area (TPSA) is 131 Å². The van der Waals surface area contributed by atoms with E-state index in [-0.39, 0.29) is 24.4 Å². The Morgan fingerprint density at radius 2 is 1.69 bits per heavy atom. The maximum absolute atomic E-state index is 12.4. The van der Waals surface area contributed by atoms with E-state index in [0.717, 1.165) is 4.90 Å². The van der Waals surface area contributed by atoms with Gasteiger partial charge in [0.05, 0.1) is 28.3 Å². The Balaban J connectivity index is 1.41. The number of esters is 1. The molecule has 4 rings (SSSR count). The van der Waals surface area contributed by atoms with Crippen LogP contribution in [0, 0.1) is 10.1 Å². The number of anilines is 1. The van der Waals surface area contributed by atoms with Crippen molar-refractivity contribution in [3.05, 3.63) is 69.8 Å². The fourth-order valence-corrected chi connectivity index (χ4v) is 3.15. The summed E-state index contributed by atoms with van der Waals surface area (Å²) in [4.78, 5) is 48.1. The van der Waals surface area contributed by atoms with Gasteiger partial charge in [-0.05, 0) is 24.3 Å². The molecule has 0 aromatic heterocycles. The van der Waals surface area contributed by atoms with Crippen molar-refractivity contribution in [3.8, 4) is 0 Å². The van der Waals surface area contributed by atoms with Crippen LogP contribution >= 0.6 is 0 Å². The number of ether oxygens (including phenoxy) is 1. The highest BCUT2D eigenvalue weighted by atomic mass is 16.6. The van der Waals surface area contributed by atoms with Gasteiger partial charge in [0.15, 0.2) is 0 Å². The molecule has 1 saturated heterocycles. The van der Waals surface area contributed by atoms with Gasteiger partial charge in [0.1, 0.15) is 11.8 Å². The Kier molecular flexibility index (Phi) is 4.51. The summed E-state index contributed by atoms with van der Waals surface area (Å²) in [6.07, 6.45) is -0.575. The van der Waals surface area contributed by atoms with Gasteiger partial charge in [0.25, 0.3) is 17.5 Å². The third-order valence-electron chi connectivity index (χ3n) is 4.59. The number of nitro groups is 1. The highest BCUT2D eigenvalue weighted by molar-refractivity contribution is 6.38. The number of imide groups is 1. The van der Waals surface area contributed by atoms with Crippen molar-refractivity contribution < 1.29 is 24.0 Å². The lowest BCUT2D eigenvalue weighted by atomic mass is 10.1. The number of nitro benzene ring substituents is 1. The van der Waals surface area contributed by atoms with Crippen molar-refractivity contribution in [1.29, 1.82) is 0 Å². The van der Waals surface area contributed by atoms with E-state index < -0.39 is 28.8 Å². The second-order valence-corrected chi connectivity index (χ2v) is 6.47. The number of rotatable bonds is 5. The number of nitrogens with zero attached hydrogens (tertiary/aromatic N) is 3. The van der Waals surface area contributed by atoms with Crippen LogP contribution in [0.25, 0.3) is 0 Å². The minimum atomic E-state index is -0.692. The predicted molar refractivity (Wildman–Crippen MR) is 100 cm³/mol. The van der Waals surface area contributed by atoms with Crippen molar-refractivity contribution in [3.63, 3.8) is 0 Å². The van der Waals surface area contributed by atoms with Crippen molar-refractivity contribution in [1.82, 2.24) is 4.90 Å². The van der Waals surface area contributed by atoms with Crippen molar-refractivity contribution in [2.45, 2.75) is 12.5 Å². The van der Waals surface area contributed by atoms with Gasteiger partial charge in [-0.1, -0.05) is 12.1 Å². The molecular weight excluding hydrogens is 380 g/mol. The van der Waals surface area contributed by atoms with Crippen LogP contribution < -0.4 is 5.43 Å². The molecule has 2 heterocycles. The van der Waals surface area contributed by atoms with Gasteiger partial charge in [-0.2, -0.15) is 5.10 Å². The van der Waals surface area contributed by atoms with Gasteiger partial charge in [-0.25, -0.2) is 4.79 Å². The normalized spacial score (nSPS) is 19.4. The van der Waals surface area contributed by atoms with E-state index >= 15 is 0 Å². The summed E-state index contributed by atoms with van der Waals surface area (Å²) >= 11 is 0. The van der Waals surface area contributed by atoms with E-state index in [2.05, 4.69) is 10.5 Å². The van der Waals surface area contributed by atoms with Crippen LogP contribution in [-0.4, -0.2) is 46.0 Å². The molecule has 10 nitrogen and oxygen atoms in total. The molecule has 1 N–H and O–H groups in total. The van der Waals surface area contributed by atoms with Gasteiger partial charge < -0.3 is 4.74 Å². The number of carbonyl (C=O) groups excluding carboxylic acids is 3. The van der Waals surface area contributed by atoms with Crippen LogP contribution in [0.15, 0.2) is 53.6 Å². The SMILES string of the molecule is O=C1OC(CN2C(=O)c3ccccc3C2=O)C/C1=N\Nc1ccc([N+](=O)[O-])cc1. The number of amides is 2. The molecule has 2 aromatic rings. The number of cyclic esters (lactones) is 1. The van der Waals surface area contributed by atoms with Crippen molar-refractivity contribution >= 4 is 34.9 Å². The molecule has 0 spiro atoms. The zero-order chi connectivity index (χ0) is 20.5. The van der Waals surface area contributed by atoms with Gasteiger partial charge in [0.2, 0.25) is 0 Å². The first kappa shape index (κ1) is 18.3. The van der Waals surface area contributed by atoms with Crippen LogP contribution in [0.4, 0.5) is 11.4 Å². The third-order valence-corrected chi connectivity index (χ3v) is 4.59. The van der Waals surface area contributed by atoms with Crippen molar-refractivity contribution in [2.24, 2.45) is 5.10 Å². The van der Waals surface area contributed by atoms with Gasteiger partial charge in [-0.3, -0.25) is 30.0 Å². The Bertz CT molecular complexity index is 1030. The molecule has 2 aromatic carbocycles. The van der Waals surface area contributed by atoms with Crippen LogP contribution in [0.2, 0.25) is 0 Å². The van der Waals surface area contributed by atoms with E-state index in [1.807, 2.05) is 0 Å². The maximum Gasteiger partial charge on any atom is 0.354 e. The highest BCUT2D eigenvalue weighted by Gasteiger charge is 2.40. The van der Waals surface area contributed by atoms with Crippen LogP contribution in [0.3, 0.4) is 0 Å². The number of nitrogens with one attached hydrogen (secondary N) is 1. The molecule has 1 atom stereocenters. The lowest BCUT2D eigenvalue weighted by molar-refractivity contribution is -0.384. The molecular formula is C19H14N4O6. The molecule has 1 fully saturated rings. The van der Waals surface area contributed by atoms with Crippen LogP contribution in [0.1, 0.15) is 27.1 Å². The molecule has 2 aliphatic rings. The van der Waals surface area contributed by atoms with Crippen LogP contribution in [0.5, 0.6) is 0 Å². The molecule has 1 unspecified atom stereocenters. The van der Waals surface area contributed by atoms with E-state index in [4.69, 9.17) is 4.74 Å². The average molecular weight is 394 g/mol. The standard InChI is InChI=1S/C19H14N4O6/c24-17-14-3-1-2-4-15(14)18(25)22(17)10-13-9-16(19(26)29-13)21-20-11-5-7-12(8-6-11)23(27)28/h1-8,13,20H,9-10H2/b21-16+. The Morgan fingerprint density at radius 1 is 1.07 bits per heavy atom. The Morgan fingerprint density at radius 3 is 2.28 bits per heavy atom. The number of carbonyl (C=O) groups is 3. The Hall–Kier alpha value is -4.08. The molecule has 2 aliphatic heterocycles. The molecule has 0 aliphatic carbocycles. The lowest BCUT2D eigenvalue weighted by Gasteiger charge is -2.17. The second kappa shape index (κ2) is 7.15. The molecule has 29 heavy (non-hydrogen) atoms. The first-order valence-corrected chi connectivity index (χ1v) is 8.67. The van der Waals surface area contributed by atoms with E-state index in [9.17, 15) is 24.5 Å². The highest BCUT2D eigenvalue weighted by Crippen LogP contribution is 2.25. The van der Waals surface area contributed by atoms with Gasteiger partial charge in [-0.15, -0.1) is 0 Å². The predicted octanol–water partition coefficient (Wildman–Crippen LogP) is 1.97. The summed E-state index contributed by atoms with van der Waals surface area (Å²) in [5, 5.41) is 14.6. The van der Waals surface area contributed by atoms with E-state index in [1.165, 1.54) is 24.3 Å². The molecule has 10 heteroatoms. The zero-order valence-electron chi connectivity index (χ0n) is 14.9. The number of fused-ring (bicyclic) bond motifs is 1. The minimum absolute atomic E-state index is 0.0609. The number of non-ortho nitro benzene ring substituents is 1. The fraction of sp³-hybridized carbons (Fsp3) is 0.158. The number of hydrogen-bond acceptors (Lipinski definition) is 8. The molecule has 0 bridgehead atoms. The monoisotopic (exact) mass is 394 g/mol. The first-order valence-electron chi connectivity index (χ1n) is 8.67. The summed E-state index contributed by atoms with van der Waals surface area (Å²) in [5.41, 5.74) is 3.80. The molecule has 2 amide bonds. The number of hydrazone groups is 1.